The number of carboxylic acids is 1. The Balaban J connectivity index is 1.63. The highest BCUT2D eigenvalue weighted by molar-refractivity contribution is 6.39. The molecule has 0 spiro atoms. The van der Waals surface area contributed by atoms with Crippen LogP contribution in [0.15, 0.2) is 60.7 Å². The second kappa shape index (κ2) is 11.5. The number of halogens is 5. The number of rotatable bonds is 8. The molecule has 0 aromatic heterocycles. The van der Waals surface area contributed by atoms with Gasteiger partial charge in [-0.05, 0) is 47.7 Å². The van der Waals surface area contributed by atoms with E-state index in [0.717, 1.165) is 17.2 Å². The van der Waals surface area contributed by atoms with Crippen molar-refractivity contribution in [3.63, 3.8) is 0 Å². The molecule has 184 valence electrons. The minimum atomic E-state index is -4.59. The summed E-state index contributed by atoms with van der Waals surface area (Å²) in [5.41, 5.74) is 1.05. The SMILES string of the molecule is O=C(O)CCCc1ccc(CNC(=O)Nc2cc(Cl)c(-c3ccccc3C(F)(F)F)c(Cl)c2)cc1. The normalized spacial score (nSPS) is 11.2. The highest BCUT2D eigenvalue weighted by atomic mass is 35.5. The van der Waals surface area contributed by atoms with E-state index < -0.39 is 23.7 Å². The third-order valence-electron chi connectivity index (χ3n) is 5.13. The van der Waals surface area contributed by atoms with Gasteiger partial charge in [-0.15, -0.1) is 0 Å². The molecule has 0 bridgehead atoms. The molecular formula is C25H21Cl2F3N2O3. The Hall–Kier alpha value is -3.23. The van der Waals surface area contributed by atoms with Gasteiger partial charge in [-0.25, -0.2) is 4.79 Å². The molecule has 3 N–H and O–H groups in total. The average molecular weight is 525 g/mol. The van der Waals surface area contributed by atoms with Crippen LogP contribution in [-0.4, -0.2) is 17.1 Å². The highest BCUT2D eigenvalue weighted by Crippen LogP contribution is 2.43. The number of aliphatic carboxylic acids is 1. The molecule has 0 fully saturated rings. The zero-order valence-electron chi connectivity index (χ0n) is 18.3. The van der Waals surface area contributed by atoms with Gasteiger partial charge in [0.1, 0.15) is 0 Å². The molecule has 2 amide bonds. The van der Waals surface area contributed by atoms with Crippen molar-refractivity contribution in [3.05, 3.63) is 87.4 Å². The maximum absolute atomic E-state index is 13.4. The number of urea groups is 1. The molecule has 0 unspecified atom stereocenters. The molecular weight excluding hydrogens is 504 g/mol. The molecule has 10 heteroatoms. The Bertz CT molecular complexity index is 1190. The molecule has 3 aromatic rings. The lowest BCUT2D eigenvalue weighted by molar-refractivity contribution is -0.138. The van der Waals surface area contributed by atoms with Crippen LogP contribution < -0.4 is 10.6 Å². The summed E-state index contributed by atoms with van der Waals surface area (Å²) in [6.45, 7) is 0.222. The maximum Gasteiger partial charge on any atom is 0.417 e. The standard InChI is InChI=1S/C25H21Cl2F3N2O3/c26-20-12-17(13-21(27)23(20)18-5-1-2-6-19(18)25(28,29)30)32-24(35)31-14-16-10-8-15(9-11-16)4-3-7-22(33)34/h1-2,5-6,8-13H,3-4,7,14H2,(H,33,34)(H2,31,32,35). The minimum Gasteiger partial charge on any atom is -0.481 e. The van der Waals surface area contributed by atoms with E-state index in [0.29, 0.717) is 12.8 Å². The van der Waals surface area contributed by atoms with Crippen LogP contribution in [0.5, 0.6) is 0 Å². The molecule has 0 aliphatic rings. The largest absolute Gasteiger partial charge is 0.481 e. The van der Waals surface area contributed by atoms with Crippen LogP contribution in [0, 0.1) is 0 Å². The van der Waals surface area contributed by atoms with Crippen LogP contribution in [0.25, 0.3) is 11.1 Å². The molecule has 3 rings (SSSR count). The Labute approximate surface area is 209 Å². The summed E-state index contributed by atoms with van der Waals surface area (Å²) in [5, 5.41) is 13.9. The number of hydrogen-bond acceptors (Lipinski definition) is 2. The smallest absolute Gasteiger partial charge is 0.417 e. The van der Waals surface area contributed by atoms with Gasteiger partial charge in [-0.1, -0.05) is 65.7 Å². The van der Waals surface area contributed by atoms with Crippen LogP contribution in [0.3, 0.4) is 0 Å². The van der Waals surface area contributed by atoms with Gasteiger partial charge in [-0.2, -0.15) is 13.2 Å². The van der Waals surface area contributed by atoms with Crippen molar-refractivity contribution in [2.45, 2.75) is 32.0 Å². The van der Waals surface area contributed by atoms with Gasteiger partial charge in [0, 0.05) is 24.2 Å². The van der Waals surface area contributed by atoms with Crippen molar-refractivity contribution in [2.24, 2.45) is 0 Å². The fraction of sp³-hybridized carbons (Fsp3) is 0.200. The lowest BCUT2D eigenvalue weighted by Gasteiger charge is -2.16. The van der Waals surface area contributed by atoms with Gasteiger partial charge >= 0.3 is 18.2 Å². The number of benzene rings is 3. The lowest BCUT2D eigenvalue weighted by Crippen LogP contribution is -2.28. The number of nitrogens with one attached hydrogen (secondary N) is 2. The van der Waals surface area contributed by atoms with Crippen molar-refractivity contribution in [1.82, 2.24) is 5.32 Å². The molecule has 0 atom stereocenters. The van der Waals surface area contributed by atoms with Crippen LogP contribution in [0.2, 0.25) is 10.0 Å². The van der Waals surface area contributed by atoms with E-state index >= 15 is 0 Å². The number of carbonyl (C=O) groups excluding carboxylic acids is 1. The van der Waals surface area contributed by atoms with E-state index in [9.17, 15) is 22.8 Å². The van der Waals surface area contributed by atoms with E-state index in [-0.39, 0.29) is 39.8 Å². The first-order chi connectivity index (χ1) is 16.5. The second-order valence-corrected chi connectivity index (χ2v) is 8.54. The molecule has 0 saturated heterocycles. The Kier molecular flexibility index (Phi) is 8.64. The van der Waals surface area contributed by atoms with Crippen molar-refractivity contribution in [1.29, 1.82) is 0 Å². The fourth-order valence-electron chi connectivity index (χ4n) is 3.48. The van der Waals surface area contributed by atoms with Gasteiger partial charge in [0.25, 0.3) is 0 Å². The van der Waals surface area contributed by atoms with Gasteiger partial charge in [0.2, 0.25) is 0 Å². The number of aryl methyl sites for hydroxylation is 1. The molecule has 0 aliphatic heterocycles. The third kappa shape index (κ3) is 7.37. The van der Waals surface area contributed by atoms with E-state index in [1.54, 1.807) is 0 Å². The molecule has 0 heterocycles. The number of hydrogen-bond donors (Lipinski definition) is 3. The average Bonchev–Trinajstić information content (AvgIpc) is 2.77. The van der Waals surface area contributed by atoms with Crippen LogP contribution in [-0.2, 0) is 23.9 Å². The molecule has 35 heavy (non-hydrogen) atoms. The van der Waals surface area contributed by atoms with Gasteiger partial charge in [0.05, 0.1) is 15.6 Å². The molecule has 0 radical (unpaired) electrons. The summed E-state index contributed by atoms with van der Waals surface area (Å²) < 4.78 is 40.2. The van der Waals surface area contributed by atoms with E-state index in [1.165, 1.54) is 30.3 Å². The number of carbonyl (C=O) groups is 2. The number of anilines is 1. The maximum atomic E-state index is 13.4. The van der Waals surface area contributed by atoms with Gasteiger partial charge in [-0.3, -0.25) is 4.79 Å². The van der Waals surface area contributed by atoms with Crippen molar-refractivity contribution < 1.29 is 27.9 Å². The van der Waals surface area contributed by atoms with Crippen molar-refractivity contribution >= 4 is 40.9 Å². The molecule has 5 nitrogen and oxygen atoms in total. The zero-order valence-corrected chi connectivity index (χ0v) is 19.8. The molecule has 3 aromatic carbocycles. The third-order valence-corrected chi connectivity index (χ3v) is 5.73. The number of alkyl halides is 3. The first kappa shape index (κ1) is 26.4. The van der Waals surface area contributed by atoms with E-state index in [4.69, 9.17) is 28.3 Å². The van der Waals surface area contributed by atoms with E-state index in [1.807, 2.05) is 24.3 Å². The van der Waals surface area contributed by atoms with Crippen LogP contribution in [0.1, 0.15) is 29.5 Å². The predicted molar refractivity (Wildman–Crippen MR) is 130 cm³/mol. The molecule has 0 aliphatic carbocycles. The Morgan fingerprint density at radius 3 is 2.11 bits per heavy atom. The predicted octanol–water partition coefficient (Wildman–Crippen LogP) is 7.41. The lowest BCUT2D eigenvalue weighted by atomic mass is 9.99. The minimum absolute atomic E-state index is 0.0238. The summed E-state index contributed by atoms with van der Waals surface area (Å²) in [6.07, 6.45) is -3.30. The number of amides is 2. The first-order valence-corrected chi connectivity index (χ1v) is 11.3. The van der Waals surface area contributed by atoms with Crippen molar-refractivity contribution in [3.8, 4) is 11.1 Å². The van der Waals surface area contributed by atoms with Gasteiger partial charge < -0.3 is 15.7 Å². The van der Waals surface area contributed by atoms with Crippen molar-refractivity contribution in [2.75, 3.05) is 5.32 Å². The summed E-state index contributed by atoms with van der Waals surface area (Å²) in [5.74, 6) is -0.833. The quantitative estimate of drug-likeness (QED) is 0.287. The summed E-state index contributed by atoms with van der Waals surface area (Å²) in [4.78, 5) is 22.9. The zero-order chi connectivity index (χ0) is 25.6. The summed E-state index contributed by atoms with van der Waals surface area (Å²) >= 11 is 12.5. The highest BCUT2D eigenvalue weighted by Gasteiger charge is 2.34. The number of carboxylic acid groups (broad SMARTS) is 1. The Morgan fingerprint density at radius 2 is 1.51 bits per heavy atom. The molecule has 0 saturated carbocycles. The second-order valence-electron chi connectivity index (χ2n) is 7.73. The monoisotopic (exact) mass is 524 g/mol. The van der Waals surface area contributed by atoms with Gasteiger partial charge in [0.15, 0.2) is 0 Å². The topological polar surface area (TPSA) is 78.4 Å². The van der Waals surface area contributed by atoms with Crippen LogP contribution in [0.4, 0.5) is 23.7 Å². The van der Waals surface area contributed by atoms with E-state index in [2.05, 4.69) is 10.6 Å². The van der Waals surface area contributed by atoms with Crippen LogP contribution >= 0.6 is 23.2 Å². The summed E-state index contributed by atoms with van der Waals surface area (Å²) in [6, 6.07) is 14.5. The Morgan fingerprint density at radius 1 is 0.914 bits per heavy atom. The fourth-order valence-corrected chi connectivity index (χ4v) is 4.17. The first-order valence-electron chi connectivity index (χ1n) is 10.5. The summed E-state index contributed by atoms with van der Waals surface area (Å²) in [7, 11) is 0.